The smallest absolute Gasteiger partial charge is 0.254 e. The van der Waals surface area contributed by atoms with Crippen molar-refractivity contribution in [3.8, 4) is 11.5 Å². The Morgan fingerprint density at radius 1 is 1.04 bits per heavy atom. The third-order valence-corrected chi connectivity index (χ3v) is 4.66. The number of ether oxygens (including phenoxy) is 2. The molecule has 4 rings (SSSR count). The number of anilines is 1. The normalized spacial score (nSPS) is 16.7. The lowest BCUT2D eigenvalue weighted by Gasteiger charge is -2.35. The van der Waals surface area contributed by atoms with E-state index in [1.54, 1.807) is 6.21 Å². The van der Waals surface area contributed by atoms with E-state index in [0.717, 1.165) is 37.5 Å². The predicted octanol–water partition coefficient (Wildman–Crippen LogP) is 1.69. The lowest BCUT2D eigenvalue weighted by atomic mass is 10.2. The van der Waals surface area contributed by atoms with E-state index in [-0.39, 0.29) is 12.7 Å². The summed E-state index contributed by atoms with van der Waals surface area (Å²) >= 11 is 0. The number of hydrazone groups is 1. The first-order valence-corrected chi connectivity index (χ1v) is 9.02. The summed E-state index contributed by atoms with van der Waals surface area (Å²) < 4.78 is 10.6. The van der Waals surface area contributed by atoms with Gasteiger partial charge in [0.2, 0.25) is 6.79 Å². The Kier molecular flexibility index (Phi) is 5.20. The third-order valence-electron chi connectivity index (χ3n) is 4.66. The van der Waals surface area contributed by atoms with Crippen molar-refractivity contribution in [2.75, 3.05) is 44.4 Å². The SMILES string of the molecule is O=C(CN1CCN(c2ccccc2)CC1)N/N=C/c1ccc2c(c1)OCO2. The number of rotatable bonds is 5. The topological polar surface area (TPSA) is 66.4 Å². The Bertz CT molecular complexity index is 817. The second-order valence-electron chi connectivity index (χ2n) is 6.50. The Morgan fingerprint density at radius 3 is 2.63 bits per heavy atom. The lowest BCUT2D eigenvalue weighted by Crippen LogP contribution is -2.49. The number of piperazine rings is 1. The Balaban J connectivity index is 1.22. The molecule has 2 heterocycles. The van der Waals surface area contributed by atoms with Crippen molar-refractivity contribution in [3.63, 3.8) is 0 Å². The van der Waals surface area contributed by atoms with Crippen LogP contribution in [0, 0.1) is 0 Å². The van der Waals surface area contributed by atoms with Crippen LogP contribution < -0.4 is 19.8 Å². The molecule has 0 atom stereocenters. The molecule has 0 aliphatic carbocycles. The first-order valence-electron chi connectivity index (χ1n) is 9.02. The van der Waals surface area contributed by atoms with Crippen molar-refractivity contribution in [2.24, 2.45) is 5.10 Å². The van der Waals surface area contributed by atoms with Crippen LogP contribution in [0.3, 0.4) is 0 Å². The first-order chi connectivity index (χ1) is 13.3. The number of carbonyl (C=O) groups is 1. The summed E-state index contributed by atoms with van der Waals surface area (Å²) in [6.07, 6.45) is 1.60. The molecule has 0 saturated carbocycles. The van der Waals surface area contributed by atoms with E-state index in [1.807, 2.05) is 36.4 Å². The largest absolute Gasteiger partial charge is 0.454 e. The van der Waals surface area contributed by atoms with Crippen LogP contribution in [0.5, 0.6) is 11.5 Å². The number of amides is 1. The number of hydrogen-bond acceptors (Lipinski definition) is 6. The van der Waals surface area contributed by atoms with Gasteiger partial charge in [-0.1, -0.05) is 18.2 Å². The van der Waals surface area contributed by atoms with E-state index in [9.17, 15) is 4.79 Å². The van der Waals surface area contributed by atoms with Crippen molar-refractivity contribution >= 4 is 17.8 Å². The van der Waals surface area contributed by atoms with E-state index in [4.69, 9.17) is 9.47 Å². The van der Waals surface area contributed by atoms with E-state index in [1.165, 1.54) is 5.69 Å². The molecule has 0 spiro atoms. The summed E-state index contributed by atoms with van der Waals surface area (Å²) in [5, 5.41) is 4.04. The number of fused-ring (bicyclic) bond motifs is 1. The molecule has 1 saturated heterocycles. The first kappa shape index (κ1) is 17.4. The molecule has 1 fully saturated rings. The molecule has 1 amide bonds. The summed E-state index contributed by atoms with van der Waals surface area (Å²) in [6.45, 7) is 4.13. The molecule has 2 aromatic carbocycles. The lowest BCUT2D eigenvalue weighted by molar-refractivity contribution is -0.122. The highest BCUT2D eigenvalue weighted by Gasteiger charge is 2.19. The molecule has 0 radical (unpaired) electrons. The average Bonchev–Trinajstić information content (AvgIpc) is 3.17. The predicted molar refractivity (Wildman–Crippen MR) is 103 cm³/mol. The molecular weight excluding hydrogens is 344 g/mol. The monoisotopic (exact) mass is 366 g/mol. The van der Waals surface area contributed by atoms with Gasteiger partial charge in [0.05, 0.1) is 12.8 Å². The van der Waals surface area contributed by atoms with Crippen molar-refractivity contribution in [1.82, 2.24) is 10.3 Å². The van der Waals surface area contributed by atoms with Crippen LogP contribution in [0.2, 0.25) is 0 Å². The molecule has 27 heavy (non-hydrogen) atoms. The molecule has 140 valence electrons. The van der Waals surface area contributed by atoms with Crippen LogP contribution in [0.15, 0.2) is 53.6 Å². The fraction of sp³-hybridized carbons (Fsp3) is 0.300. The minimum atomic E-state index is -0.111. The number of nitrogens with one attached hydrogen (secondary N) is 1. The van der Waals surface area contributed by atoms with Crippen molar-refractivity contribution in [3.05, 3.63) is 54.1 Å². The zero-order valence-electron chi connectivity index (χ0n) is 15.0. The molecule has 0 aromatic heterocycles. The Morgan fingerprint density at radius 2 is 1.81 bits per heavy atom. The fourth-order valence-corrected chi connectivity index (χ4v) is 3.21. The molecule has 2 aliphatic heterocycles. The van der Waals surface area contributed by atoms with Crippen LogP contribution in [0.4, 0.5) is 5.69 Å². The number of hydrogen-bond donors (Lipinski definition) is 1. The van der Waals surface area contributed by atoms with Gasteiger partial charge in [-0.3, -0.25) is 9.69 Å². The van der Waals surface area contributed by atoms with Gasteiger partial charge in [-0.25, -0.2) is 5.43 Å². The highest BCUT2D eigenvalue weighted by Crippen LogP contribution is 2.31. The standard InChI is InChI=1S/C20H22N4O3/c25-20(22-21-13-16-6-7-18-19(12-16)27-15-26-18)14-23-8-10-24(11-9-23)17-4-2-1-3-5-17/h1-7,12-13H,8-11,14-15H2,(H,22,25)/b21-13+. The van der Waals surface area contributed by atoms with Gasteiger partial charge in [-0.05, 0) is 35.9 Å². The van der Waals surface area contributed by atoms with Crippen molar-refractivity contribution in [2.45, 2.75) is 0 Å². The van der Waals surface area contributed by atoms with Crippen LogP contribution >= 0.6 is 0 Å². The number of benzene rings is 2. The fourth-order valence-electron chi connectivity index (χ4n) is 3.21. The molecule has 7 heteroatoms. The van der Waals surface area contributed by atoms with Gasteiger partial charge >= 0.3 is 0 Å². The van der Waals surface area contributed by atoms with Gasteiger partial charge in [0, 0.05) is 31.9 Å². The van der Waals surface area contributed by atoms with Crippen LogP contribution in [-0.2, 0) is 4.79 Å². The van der Waals surface area contributed by atoms with Gasteiger partial charge in [-0.15, -0.1) is 0 Å². The molecule has 2 aliphatic rings. The van der Waals surface area contributed by atoms with E-state index < -0.39 is 0 Å². The average molecular weight is 366 g/mol. The third kappa shape index (κ3) is 4.38. The molecule has 0 unspecified atom stereocenters. The summed E-state index contributed by atoms with van der Waals surface area (Å²) in [7, 11) is 0. The maximum absolute atomic E-state index is 12.1. The molecule has 7 nitrogen and oxygen atoms in total. The Labute approximate surface area is 158 Å². The quantitative estimate of drug-likeness (QED) is 0.644. The highest BCUT2D eigenvalue weighted by atomic mass is 16.7. The molecule has 2 aromatic rings. The van der Waals surface area contributed by atoms with Crippen molar-refractivity contribution < 1.29 is 14.3 Å². The maximum atomic E-state index is 12.1. The number of nitrogens with zero attached hydrogens (tertiary/aromatic N) is 3. The van der Waals surface area contributed by atoms with Crippen molar-refractivity contribution in [1.29, 1.82) is 0 Å². The minimum Gasteiger partial charge on any atom is -0.454 e. The minimum absolute atomic E-state index is 0.111. The summed E-state index contributed by atoms with van der Waals surface area (Å²) in [5.74, 6) is 1.31. The maximum Gasteiger partial charge on any atom is 0.254 e. The van der Waals surface area contributed by atoms with E-state index >= 15 is 0 Å². The number of para-hydroxylation sites is 1. The highest BCUT2D eigenvalue weighted by molar-refractivity contribution is 5.84. The van der Waals surface area contributed by atoms with Crippen LogP contribution in [0.1, 0.15) is 5.56 Å². The van der Waals surface area contributed by atoms with Gasteiger partial charge < -0.3 is 14.4 Å². The molecular formula is C20H22N4O3. The van der Waals surface area contributed by atoms with E-state index in [0.29, 0.717) is 12.3 Å². The molecule has 0 bridgehead atoms. The Hall–Kier alpha value is -3.06. The second kappa shape index (κ2) is 8.09. The molecule has 1 N–H and O–H groups in total. The van der Waals surface area contributed by atoms with Crippen LogP contribution in [0.25, 0.3) is 0 Å². The van der Waals surface area contributed by atoms with Gasteiger partial charge in [0.25, 0.3) is 5.91 Å². The van der Waals surface area contributed by atoms with Gasteiger partial charge in [0.15, 0.2) is 11.5 Å². The summed E-state index contributed by atoms with van der Waals surface area (Å²) in [5.41, 5.74) is 4.67. The van der Waals surface area contributed by atoms with E-state index in [2.05, 4.69) is 32.5 Å². The zero-order valence-corrected chi connectivity index (χ0v) is 15.0. The van der Waals surface area contributed by atoms with Gasteiger partial charge in [0.1, 0.15) is 0 Å². The zero-order chi connectivity index (χ0) is 18.5. The second-order valence-corrected chi connectivity index (χ2v) is 6.50. The summed E-state index contributed by atoms with van der Waals surface area (Å²) in [4.78, 5) is 16.6. The number of carbonyl (C=O) groups excluding carboxylic acids is 1. The summed E-state index contributed by atoms with van der Waals surface area (Å²) in [6, 6.07) is 15.9. The van der Waals surface area contributed by atoms with Gasteiger partial charge in [-0.2, -0.15) is 5.10 Å². The van der Waals surface area contributed by atoms with Crippen LogP contribution in [-0.4, -0.2) is 56.5 Å².